The lowest BCUT2D eigenvalue weighted by Gasteiger charge is -2.39. The molecule has 3 rings (SSSR count). The van der Waals surface area contributed by atoms with Gasteiger partial charge in [0.2, 0.25) is 5.91 Å². The molecule has 0 aliphatic carbocycles. The van der Waals surface area contributed by atoms with E-state index in [2.05, 4.69) is 40.5 Å². The monoisotopic (exact) mass is 337 g/mol. The van der Waals surface area contributed by atoms with Gasteiger partial charge in [0, 0.05) is 31.9 Å². The molecule has 132 valence electrons. The van der Waals surface area contributed by atoms with E-state index in [1.165, 1.54) is 5.56 Å². The van der Waals surface area contributed by atoms with Crippen LogP contribution >= 0.6 is 0 Å². The first-order valence-electron chi connectivity index (χ1n) is 9.14. The Balaban J connectivity index is 1.57. The lowest BCUT2D eigenvalue weighted by atomic mass is 10.1. The topological polar surface area (TPSA) is 35.6 Å². The molecule has 1 heterocycles. The minimum absolute atomic E-state index is 0.0721. The maximum absolute atomic E-state index is 12.5. The average molecular weight is 337 g/mol. The zero-order valence-corrected chi connectivity index (χ0v) is 14.9. The zero-order chi connectivity index (χ0) is 17.5. The summed E-state index contributed by atoms with van der Waals surface area (Å²) in [5.74, 6) is 0.168. The SMILES string of the molecule is CCC(=O)N(c1ccccc1)C1CCN(CCc2ccccc2)CN1. The molecule has 25 heavy (non-hydrogen) atoms. The van der Waals surface area contributed by atoms with Crippen molar-refractivity contribution in [2.45, 2.75) is 32.4 Å². The molecule has 2 aromatic carbocycles. The molecule has 0 radical (unpaired) electrons. The van der Waals surface area contributed by atoms with Crippen molar-refractivity contribution in [3.8, 4) is 0 Å². The highest BCUT2D eigenvalue weighted by molar-refractivity contribution is 5.93. The number of anilines is 1. The van der Waals surface area contributed by atoms with Crippen molar-refractivity contribution in [2.75, 3.05) is 24.7 Å². The van der Waals surface area contributed by atoms with Crippen molar-refractivity contribution in [3.63, 3.8) is 0 Å². The number of nitrogens with zero attached hydrogens (tertiary/aromatic N) is 2. The van der Waals surface area contributed by atoms with E-state index in [0.717, 1.165) is 38.3 Å². The quantitative estimate of drug-likeness (QED) is 0.879. The number of benzene rings is 2. The highest BCUT2D eigenvalue weighted by Gasteiger charge is 2.27. The van der Waals surface area contributed by atoms with Crippen molar-refractivity contribution < 1.29 is 4.79 Å². The Morgan fingerprint density at radius 2 is 1.80 bits per heavy atom. The van der Waals surface area contributed by atoms with E-state index in [1.807, 2.05) is 42.2 Å². The highest BCUT2D eigenvalue weighted by Crippen LogP contribution is 2.20. The first kappa shape index (κ1) is 17.6. The molecule has 0 spiro atoms. The van der Waals surface area contributed by atoms with Gasteiger partial charge in [-0.15, -0.1) is 0 Å². The van der Waals surface area contributed by atoms with Crippen LogP contribution in [-0.4, -0.2) is 36.7 Å². The van der Waals surface area contributed by atoms with Crippen LogP contribution in [0.5, 0.6) is 0 Å². The van der Waals surface area contributed by atoms with E-state index in [9.17, 15) is 4.79 Å². The van der Waals surface area contributed by atoms with Gasteiger partial charge < -0.3 is 0 Å². The van der Waals surface area contributed by atoms with Gasteiger partial charge in [-0.05, 0) is 30.5 Å². The summed E-state index contributed by atoms with van der Waals surface area (Å²) in [7, 11) is 0. The molecule has 1 atom stereocenters. The lowest BCUT2D eigenvalue weighted by molar-refractivity contribution is -0.119. The molecule has 1 saturated heterocycles. The summed E-state index contributed by atoms with van der Waals surface area (Å²) >= 11 is 0. The number of rotatable bonds is 6. The molecule has 1 aliphatic heterocycles. The van der Waals surface area contributed by atoms with Gasteiger partial charge in [0.1, 0.15) is 0 Å². The van der Waals surface area contributed by atoms with Crippen molar-refractivity contribution in [1.29, 1.82) is 0 Å². The Labute approximate surface area is 150 Å². The van der Waals surface area contributed by atoms with Crippen LogP contribution < -0.4 is 10.2 Å². The fourth-order valence-corrected chi connectivity index (χ4v) is 3.32. The molecule has 0 saturated carbocycles. The largest absolute Gasteiger partial charge is 0.296 e. The van der Waals surface area contributed by atoms with Gasteiger partial charge in [-0.2, -0.15) is 0 Å². The maximum Gasteiger partial charge on any atom is 0.228 e. The molecule has 1 amide bonds. The smallest absolute Gasteiger partial charge is 0.228 e. The zero-order valence-electron chi connectivity index (χ0n) is 14.9. The van der Waals surface area contributed by atoms with E-state index < -0.39 is 0 Å². The van der Waals surface area contributed by atoms with Gasteiger partial charge in [-0.3, -0.25) is 19.9 Å². The van der Waals surface area contributed by atoms with Crippen LogP contribution in [0.4, 0.5) is 5.69 Å². The van der Waals surface area contributed by atoms with E-state index >= 15 is 0 Å². The number of carbonyl (C=O) groups excluding carboxylic acids is 1. The number of para-hydroxylation sites is 1. The molecule has 1 aliphatic rings. The molecule has 0 bridgehead atoms. The van der Waals surface area contributed by atoms with Crippen LogP contribution in [0.15, 0.2) is 60.7 Å². The minimum Gasteiger partial charge on any atom is -0.296 e. The number of hydrogen-bond acceptors (Lipinski definition) is 3. The molecular weight excluding hydrogens is 310 g/mol. The summed E-state index contributed by atoms with van der Waals surface area (Å²) < 4.78 is 0. The Hall–Kier alpha value is -2.17. The Bertz CT molecular complexity index is 651. The van der Waals surface area contributed by atoms with Crippen LogP contribution in [0.25, 0.3) is 0 Å². The molecule has 1 N–H and O–H groups in total. The predicted molar refractivity (Wildman–Crippen MR) is 102 cm³/mol. The van der Waals surface area contributed by atoms with E-state index in [4.69, 9.17) is 0 Å². The molecule has 1 unspecified atom stereocenters. The molecule has 4 heteroatoms. The molecule has 4 nitrogen and oxygen atoms in total. The van der Waals surface area contributed by atoms with Crippen molar-refractivity contribution in [1.82, 2.24) is 10.2 Å². The van der Waals surface area contributed by atoms with Crippen LogP contribution in [-0.2, 0) is 11.2 Å². The Morgan fingerprint density at radius 1 is 1.12 bits per heavy atom. The van der Waals surface area contributed by atoms with Crippen LogP contribution in [0, 0.1) is 0 Å². The van der Waals surface area contributed by atoms with Gasteiger partial charge in [-0.1, -0.05) is 55.5 Å². The number of amides is 1. The third-order valence-corrected chi connectivity index (χ3v) is 4.75. The Kier molecular flexibility index (Phi) is 6.20. The molecule has 0 aromatic heterocycles. The van der Waals surface area contributed by atoms with Gasteiger partial charge in [-0.25, -0.2) is 0 Å². The van der Waals surface area contributed by atoms with E-state index in [-0.39, 0.29) is 12.1 Å². The maximum atomic E-state index is 12.5. The Morgan fingerprint density at radius 3 is 2.40 bits per heavy atom. The van der Waals surface area contributed by atoms with Gasteiger partial charge in [0.25, 0.3) is 0 Å². The van der Waals surface area contributed by atoms with Crippen LogP contribution in [0.2, 0.25) is 0 Å². The minimum atomic E-state index is 0.0721. The van der Waals surface area contributed by atoms with Crippen LogP contribution in [0.1, 0.15) is 25.3 Å². The highest BCUT2D eigenvalue weighted by atomic mass is 16.2. The third kappa shape index (κ3) is 4.68. The first-order valence-corrected chi connectivity index (χ1v) is 9.14. The molecular formula is C21H27N3O. The van der Waals surface area contributed by atoms with Crippen molar-refractivity contribution in [3.05, 3.63) is 66.2 Å². The number of hydrogen-bond donors (Lipinski definition) is 1. The summed E-state index contributed by atoms with van der Waals surface area (Å²) in [4.78, 5) is 16.8. The fraction of sp³-hybridized carbons (Fsp3) is 0.381. The molecule has 2 aromatic rings. The van der Waals surface area contributed by atoms with E-state index in [0.29, 0.717) is 6.42 Å². The number of carbonyl (C=O) groups is 1. The molecule has 1 fully saturated rings. The second-order valence-electron chi connectivity index (χ2n) is 6.47. The third-order valence-electron chi connectivity index (χ3n) is 4.75. The lowest BCUT2D eigenvalue weighted by Crippen LogP contribution is -2.57. The predicted octanol–water partition coefficient (Wildman–Crippen LogP) is 3.25. The van der Waals surface area contributed by atoms with Crippen LogP contribution in [0.3, 0.4) is 0 Å². The summed E-state index contributed by atoms with van der Waals surface area (Å²) in [6.45, 7) is 4.78. The fourth-order valence-electron chi connectivity index (χ4n) is 3.32. The average Bonchev–Trinajstić information content (AvgIpc) is 2.69. The second-order valence-corrected chi connectivity index (χ2v) is 6.47. The summed E-state index contributed by atoms with van der Waals surface area (Å²) in [6, 6.07) is 20.6. The number of nitrogens with one attached hydrogen (secondary N) is 1. The van der Waals surface area contributed by atoms with Crippen molar-refractivity contribution >= 4 is 11.6 Å². The second kappa shape index (κ2) is 8.79. The normalized spacial score (nSPS) is 18.0. The van der Waals surface area contributed by atoms with Crippen molar-refractivity contribution in [2.24, 2.45) is 0 Å². The summed E-state index contributed by atoms with van der Waals surface area (Å²) in [5.41, 5.74) is 2.35. The summed E-state index contributed by atoms with van der Waals surface area (Å²) in [5, 5.41) is 3.55. The summed E-state index contributed by atoms with van der Waals surface area (Å²) in [6.07, 6.45) is 2.59. The van der Waals surface area contributed by atoms with E-state index in [1.54, 1.807) is 0 Å². The van der Waals surface area contributed by atoms with Gasteiger partial charge in [0.15, 0.2) is 0 Å². The van der Waals surface area contributed by atoms with Gasteiger partial charge >= 0.3 is 0 Å². The standard InChI is InChI=1S/C21H27N3O/c1-2-21(25)24(19-11-7-4-8-12-19)20-14-16-23(17-22-20)15-13-18-9-5-3-6-10-18/h3-12,20,22H,2,13-17H2,1H3. The first-order chi connectivity index (χ1) is 12.3. The van der Waals surface area contributed by atoms with Gasteiger partial charge in [0.05, 0.1) is 6.17 Å².